The van der Waals surface area contributed by atoms with Crippen LogP contribution in [0.1, 0.15) is 23.3 Å². The van der Waals surface area contributed by atoms with E-state index in [4.69, 9.17) is 0 Å². The highest BCUT2D eigenvalue weighted by atomic mass is 79.9. The van der Waals surface area contributed by atoms with Gasteiger partial charge in [0.15, 0.2) is 0 Å². The second-order valence-electron chi connectivity index (χ2n) is 3.81. The van der Waals surface area contributed by atoms with Gasteiger partial charge in [-0.3, -0.25) is 9.48 Å². The number of aryl methyl sites for hydroxylation is 1. The van der Waals surface area contributed by atoms with Crippen LogP contribution in [0.3, 0.4) is 0 Å². The molecule has 0 aromatic carbocycles. The molecule has 1 fully saturated rings. The predicted octanol–water partition coefficient (Wildman–Crippen LogP) is 1.42. The summed E-state index contributed by atoms with van der Waals surface area (Å²) in [7, 11) is 1.80. The summed E-state index contributed by atoms with van der Waals surface area (Å²) in [5.74, 6) is 0.0920. The minimum Gasteiger partial charge on any atom is -0.337 e. The van der Waals surface area contributed by atoms with Crippen molar-refractivity contribution in [3.8, 4) is 0 Å². The van der Waals surface area contributed by atoms with Crippen molar-refractivity contribution in [1.82, 2.24) is 14.7 Å². The van der Waals surface area contributed by atoms with Crippen molar-refractivity contribution in [2.24, 2.45) is 7.05 Å². The maximum atomic E-state index is 12.0. The summed E-state index contributed by atoms with van der Waals surface area (Å²) < 4.78 is 1.63. The number of halogens is 1. The second-order valence-corrected chi connectivity index (χ2v) is 5.10. The first-order valence-electron chi connectivity index (χ1n) is 5.10. The van der Waals surface area contributed by atoms with Crippen molar-refractivity contribution in [3.05, 3.63) is 18.0 Å². The van der Waals surface area contributed by atoms with Crippen LogP contribution in [-0.4, -0.2) is 38.5 Å². The molecule has 0 spiro atoms. The average Bonchev–Trinajstić information content (AvgIpc) is 2.65. The zero-order valence-electron chi connectivity index (χ0n) is 8.69. The molecule has 1 saturated heterocycles. The lowest BCUT2D eigenvalue weighted by molar-refractivity contribution is 0.0717. The monoisotopic (exact) mass is 271 g/mol. The van der Waals surface area contributed by atoms with E-state index in [9.17, 15) is 4.79 Å². The summed E-state index contributed by atoms with van der Waals surface area (Å²) in [6.45, 7) is 1.67. The summed E-state index contributed by atoms with van der Waals surface area (Å²) in [5, 5.41) is 4.01. The summed E-state index contributed by atoms with van der Waals surface area (Å²) in [6, 6.07) is 1.77. The fraction of sp³-hybridized carbons (Fsp3) is 0.600. The van der Waals surface area contributed by atoms with Gasteiger partial charge in [-0.1, -0.05) is 15.9 Å². The number of amides is 1. The molecule has 1 aromatic rings. The van der Waals surface area contributed by atoms with Gasteiger partial charge < -0.3 is 4.90 Å². The van der Waals surface area contributed by atoms with E-state index in [0.717, 1.165) is 25.9 Å². The number of rotatable bonds is 1. The van der Waals surface area contributed by atoms with Crippen LogP contribution in [0.2, 0.25) is 0 Å². The molecule has 0 radical (unpaired) electrons. The van der Waals surface area contributed by atoms with Crippen molar-refractivity contribution in [1.29, 1.82) is 0 Å². The highest BCUT2D eigenvalue weighted by molar-refractivity contribution is 9.09. The van der Waals surface area contributed by atoms with E-state index in [0.29, 0.717) is 10.5 Å². The molecule has 4 nitrogen and oxygen atoms in total. The zero-order valence-corrected chi connectivity index (χ0v) is 10.3. The summed E-state index contributed by atoms with van der Waals surface area (Å²) in [6.07, 6.45) is 3.72. The Morgan fingerprint density at radius 3 is 2.73 bits per heavy atom. The maximum Gasteiger partial charge on any atom is 0.272 e. The predicted molar refractivity (Wildman–Crippen MR) is 61.1 cm³/mol. The van der Waals surface area contributed by atoms with Gasteiger partial charge >= 0.3 is 0 Å². The van der Waals surface area contributed by atoms with E-state index in [1.165, 1.54) is 0 Å². The zero-order chi connectivity index (χ0) is 10.8. The van der Waals surface area contributed by atoms with Crippen LogP contribution in [-0.2, 0) is 7.05 Å². The lowest BCUT2D eigenvalue weighted by Crippen LogP contribution is -2.39. The van der Waals surface area contributed by atoms with E-state index in [1.54, 1.807) is 24.0 Å². The molecule has 82 valence electrons. The number of likely N-dealkylation sites (tertiary alicyclic amines) is 1. The average molecular weight is 272 g/mol. The molecule has 0 bridgehead atoms. The van der Waals surface area contributed by atoms with Gasteiger partial charge in [0.25, 0.3) is 5.91 Å². The Labute approximate surface area is 97.4 Å². The third kappa shape index (κ3) is 2.22. The van der Waals surface area contributed by atoms with Crippen molar-refractivity contribution in [2.45, 2.75) is 17.7 Å². The Morgan fingerprint density at radius 2 is 2.20 bits per heavy atom. The summed E-state index contributed by atoms with van der Waals surface area (Å²) >= 11 is 3.57. The van der Waals surface area contributed by atoms with Gasteiger partial charge in [-0.15, -0.1) is 0 Å². The van der Waals surface area contributed by atoms with Crippen LogP contribution >= 0.6 is 15.9 Å². The molecule has 15 heavy (non-hydrogen) atoms. The van der Waals surface area contributed by atoms with E-state index in [-0.39, 0.29) is 5.91 Å². The van der Waals surface area contributed by atoms with Gasteiger partial charge in [0, 0.05) is 31.2 Å². The Kier molecular flexibility index (Phi) is 3.09. The number of alkyl halides is 1. The Hall–Kier alpha value is -0.840. The van der Waals surface area contributed by atoms with Crippen molar-refractivity contribution < 1.29 is 4.79 Å². The Balaban J connectivity index is 2.06. The van der Waals surface area contributed by atoms with Gasteiger partial charge in [-0.2, -0.15) is 5.10 Å². The van der Waals surface area contributed by atoms with Crippen LogP contribution in [0, 0.1) is 0 Å². The summed E-state index contributed by atoms with van der Waals surface area (Å²) in [4.78, 5) is 14.5. The Bertz CT molecular complexity index is 355. The third-order valence-corrected chi connectivity index (χ3v) is 3.67. The number of carbonyl (C=O) groups excluding carboxylic acids is 1. The minimum atomic E-state index is 0.0920. The number of hydrogen-bond donors (Lipinski definition) is 0. The van der Waals surface area contributed by atoms with Crippen LogP contribution < -0.4 is 0 Å². The number of piperidine rings is 1. The van der Waals surface area contributed by atoms with Gasteiger partial charge in [0.2, 0.25) is 0 Å². The molecule has 0 unspecified atom stereocenters. The molecule has 0 saturated carbocycles. The van der Waals surface area contributed by atoms with Crippen molar-refractivity contribution in [3.63, 3.8) is 0 Å². The van der Waals surface area contributed by atoms with E-state index in [2.05, 4.69) is 21.0 Å². The fourth-order valence-electron chi connectivity index (χ4n) is 1.80. The van der Waals surface area contributed by atoms with Crippen LogP contribution in [0.25, 0.3) is 0 Å². The van der Waals surface area contributed by atoms with Gasteiger partial charge in [-0.05, 0) is 18.9 Å². The maximum absolute atomic E-state index is 12.0. The normalized spacial score (nSPS) is 18.1. The smallest absolute Gasteiger partial charge is 0.272 e. The lowest BCUT2D eigenvalue weighted by atomic mass is 10.1. The third-order valence-electron chi connectivity index (χ3n) is 2.75. The molecule has 1 amide bonds. The molecule has 0 aliphatic carbocycles. The molecule has 1 aromatic heterocycles. The molecule has 2 heterocycles. The van der Waals surface area contributed by atoms with Crippen molar-refractivity contribution in [2.75, 3.05) is 13.1 Å². The first kappa shape index (κ1) is 10.7. The quantitative estimate of drug-likeness (QED) is 0.725. The number of hydrogen-bond acceptors (Lipinski definition) is 2. The molecule has 0 N–H and O–H groups in total. The first-order valence-corrected chi connectivity index (χ1v) is 6.01. The number of aromatic nitrogens is 2. The van der Waals surface area contributed by atoms with E-state index in [1.807, 2.05) is 4.90 Å². The van der Waals surface area contributed by atoms with Crippen LogP contribution in [0.15, 0.2) is 12.3 Å². The molecular weight excluding hydrogens is 258 g/mol. The van der Waals surface area contributed by atoms with Crippen molar-refractivity contribution >= 4 is 21.8 Å². The minimum absolute atomic E-state index is 0.0920. The molecular formula is C10H14BrN3O. The van der Waals surface area contributed by atoms with Gasteiger partial charge in [-0.25, -0.2) is 0 Å². The van der Waals surface area contributed by atoms with Crippen LogP contribution in [0.4, 0.5) is 0 Å². The topological polar surface area (TPSA) is 38.1 Å². The van der Waals surface area contributed by atoms with E-state index >= 15 is 0 Å². The van der Waals surface area contributed by atoms with Gasteiger partial charge in [0.05, 0.1) is 0 Å². The summed E-state index contributed by atoms with van der Waals surface area (Å²) in [5.41, 5.74) is 0.669. The SMILES string of the molecule is Cn1nccc1C(=O)N1CCC(Br)CC1. The highest BCUT2D eigenvalue weighted by Crippen LogP contribution is 2.18. The molecule has 5 heteroatoms. The molecule has 1 aliphatic heterocycles. The first-order chi connectivity index (χ1) is 7.18. The molecule has 2 rings (SSSR count). The fourth-order valence-corrected chi connectivity index (χ4v) is 2.21. The number of carbonyl (C=O) groups is 1. The van der Waals surface area contributed by atoms with E-state index < -0.39 is 0 Å². The highest BCUT2D eigenvalue weighted by Gasteiger charge is 2.23. The van der Waals surface area contributed by atoms with Gasteiger partial charge in [0.1, 0.15) is 5.69 Å². The Morgan fingerprint density at radius 1 is 1.53 bits per heavy atom. The molecule has 0 atom stereocenters. The second kappa shape index (κ2) is 4.35. The molecule has 1 aliphatic rings. The standard InChI is InChI=1S/C10H14BrN3O/c1-13-9(2-5-12-13)10(15)14-6-3-8(11)4-7-14/h2,5,8H,3-4,6-7H2,1H3. The largest absolute Gasteiger partial charge is 0.337 e. The number of nitrogens with zero attached hydrogens (tertiary/aromatic N) is 3. The van der Waals surface area contributed by atoms with Crippen LogP contribution in [0.5, 0.6) is 0 Å². The lowest BCUT2D eigenvalue weighted by Gasteiger charge is -2.29.